The molecule has 2 N–H and O–H groups in total. The van der Waals surface area contributed by atoms with E-state index in [9.17, 15) is 0 Å². The Morgan fingerprint density at radius 2 is 2.07 bits per heavy atom. The van der Waals surface area contributed by atoms with E-state index < -0.39 is 0 Å². The van der Waals surface area contributed by atoms with E-state index in [2.05, 4.69) is 28.1 Å². The molecule has 1 aromatic heterocycles. The Balaban J connectivity index is 1.93. The Morgan fingerprint density at radius 3 is 2.53 bits per heavy atom. The number of aromatic nitrogens is 2. The van der Waals surface area contributed by atoms with Gasteiger partial charge in [0.15, 0.2) is 0 Å². The van der Waals surface area contributed by atoms with Crippen molar-refractivity contribution in [2.24, 2.45) is 11.8 Å². The summed E-state index contributed by atoms with van der Waals surface area (Å²) in [5, 5.41) is 0.981. The summed E-state index contributed by atoms with van der Waals surface area (Å²) in [4.78, 5) is 6.51. The molecule has 15 heavy (non-hydrogen) atoms. The number of nitrogens with two attached hydrogens (primary N) is 1. The van der Waals surface area contributed by atoms with E-state index in [1.165, 1.54) is 24.4 Å². The van der Waals surface area contributed by atoms with E-state index in [0.717, 1.165) is 30.1 Å². The third-order valence-electron chi connectivity index (χ3n) is 3.18. The molecule has 2 rings (SSSR count). The summed E-state index contributed by atoms with van der Waals surface area (Å²) in [6.45, 7) is 6.81. The van der Waals surface area contributed by atoms with Gasteiger partial charge in [0.25, 0.3) is 0 Å². The molecule has 4 nitrogen and oxygen atoms in total. The van der Waals surface area contributed by atoms with E-state index in [0.29, 0.717) is 5.95 Å². The van der Waals surface area contributed by atoms with E-state index in [4.69, 9.17) is 5.73 Å². The van der Waals surface area contributed by atoms with Gasteiger partial charge < -0.3 is 10.6 Å². The predicted octanol–water partition coefficient (Wildman–Crippen LogP) is 1.99. The Labute approximate surface area is 94.7 Å². The third-order valence-corrected chi connectivity index (χ3v) is 3.98. The highest BCUT2D eigenvalue weighted by atomic mass is 32.1. The van der Waals surface area contributed by atoms with Crippen LogP contribution in [0.15, 0.2) is 0 Å². The van der Waals surface area contributed by atoms with Gasteiger partial charge >= 0.3 is 0 Å². The van der Waals surface area contributed by atoms with Gasteiger partial charge in [-0.3, -0.25) is 0 Å². The Kier molecular flexibility index (Phi) is 3.09. The Hall–Kier alpha value is -0.840. The van der Waals surface area contributed by atoms with E-state index in [1.54, 1.807) is 0 Å². The van der Waals surface area contributed by atoms with Crippen molar-refractivity contribution in [3.05, 3.63) is 0 Å². The molecule has 0 aliphatic carbocycles. The first-order chi connectivity index (χ1) is 7.16. The van der Waals surface area contributed by atoms with Crippen LogP contribution in [-0.2, 0) is 0 Å². The van der Waals surface area contributed by atoms with Crippen molar-refractivity contribution < 1.29 is 0 Å². The molecule has 1 aliphatic heterocycles. The molecule has 0 aromatic carbocycles. The molecule has 0 radical (unpaired) electrons. The first kappa shape index (κ1) is 10.7. The van der Waals surface area contributed by atoms with Crippen LogP contribution in [0.3, 0.4) is 0 Å². The standard InChI is InChI=1S/C10H18N4S/c1-7(2)8-3-5-14(6-4-8)10-12-9(11)13-15-10/h7-8H,3-6H2,1-2H3,(H2,11,13). The van der Waals surface area contributed by atoms with Crippen molar-refractivity contribution >= 4 is 22.6 Å². The second-order valence-corrected chi connectivity index (χ2v) is 5.23. The molecule has 5 heteroatoms. The van der Waals surface area contributed by atoms with Crippen molar-refractivity contribution in [2.45, 2.75) is 26.7 Å². The van der Waals surface area contributed by atoms with Crippen LogP contribution in [0.5, 0.6) is 0 Å². The lowest BCUT2D eigenvalue weighted by Gasteiger charge is -2.33. The van der Waals surface area contributed by atoms with E-state index in [1.807, 2.05) is 0 Å². The van der Waals surface area contributed by atoms with Gasteiger partial charge in [0.1, 0.15) is 0 Å². The first-order valence-electron chi connectivity index (χ1n) is 5.51. The largest absolute Gasteiger partial charge is 0.367 e. The molecule has 2 heterocycles. The molecule has 0 unspecified atom stereocenters. The maximum absolute atomic E-state index is 5.52. The maximum Gasteiger partial charge on any atom is 0.233 e. The van der Waals surface area contributed by atoms with Gasteiger partial charge in [-0.1, -0.05) is 13.8 Å². The minimum absolute atomic E-state index is 0.404. The smallest absolute Gasteiger partial charge is 0.233 e. The van der Waals surface area contributed by atoms with Crippen LogP contribution in [0.25, 0.3) is 0 Å². The molecular weight excluding hydrogens is 208 g/mol. The summed E-state index contributed by atoms with van der Waals surface area (Å²) in [6, 6.07) is 0. The third kappa shape index (κ3) is 2.40. The average Bonchev–Trinajstić information content (AvgIpc) is 2.65. The Bertz CT molecular complexity index is 315. The van der Waals surface area contributed by atoms with Gasteiger partial charge in [-0.05, 0) is 24.7 Å². The zero-order valence-corrected chi connectivity index (χ0v) is 10.1. The lowest BCUT2D eigenvalue weighted by atomic mass is 9.87. The maximum atomic E-state index is 5.52. The monoisotopic (exact) mass is 226 g/mol. The van der Waals surface area contributed by atoms with Crippen LogP contribution in [-0.4, -0.2) is 22.4 Å². The van der Waals surface area contributed by atoms with Crippen molar-refractivity contribution in [2.75, 3.05) is 23.7 Å². The number of nitrogen functional groups attached to an aromatic ring is 1. The predicted molar refractivity (Wildman–Crippen MR) is 64.1 cm³/mol. The fraction of sp³-hybridized carbons (Fsp3) is 0.800. The topological polar surface area (TPSA) is 55.0 Å². The van der Waals surface area contributed by atoms with Gasteiger partial charge in [0.05, 0.1) is 0 Å². The van der Waals surface area contributed by atoms with Crippen molar-refractivity contribution in [3.63, 3.8) is 0 Å². The highest BCUT2D eigenvalue weighted by Gasteiger charge is 2.23. The molecule has 1 saturated heterocycles. The SMILES string of the molecule is CC(C)C1CCN(c2nc(N)ns2)CC1. The summed E-state index contributed by atoms with van der Waals surface area (Å²) in [5.74, 6) is 2.07. The first-order valence-corrected chi connectivity index (χ1v) is 6.28. The number of nitrogens with zero attached hydrogens (tertiary/aromatic N) is 3. The second kappa shape index (κ2) is 4.35. The normalized spacial score (nSPS) is 18.7. The molecule has 0 saturated carbocycles. The average molecular weight is 226 g/mol. The molecule has 84 valence electrons. The number of piperidine rings is 1. The lowest BCUT2D eigenvalue weighted by molar-refractivity contribution is 0.311. The molecule has 1 aliphatic rings. The summed E-state index contributed by atoms with van der Waals surface area (Å²) in [6.07, 6.45) is 2.52. The highest BCUT2D eigenvalue weighted by Crippen LogP contribution is 2.28. The van der Waals surface area contributed by atoms with Crippen LogP contribution in [0, 0.1) is 11.8 Å². The minimum atomic E-state index is 0.404. The number of hydrogen-bond acceptors (Lipinski definition) is 5. The molecule has 1 aromatic rings. The fourth-order valence-electron chi connectivity index (χ4n) is 2.11. The summed E-state index contributed by atoms with van der Waals surface area (Å²) in [5.41, 5.74) is 5.52. The summed E-state index contributed by atoms with van der Waals surface area (Å²) >= 11 is 1.41. The summed E-state index contributed by atoms with van der Waals surface area (Å²) in [7, 11) is 0. The highest BCUT2D eigenvalue weighted by molar-refractivity contribution is 7.09. The van der Waals surface area contributed by atoms with E-state index in [-0.39, 0.29) is 0 Å². The quantitative estimate of drug-likeness (QED) is 0.838. The van der Waals surface area contributed by atoms with E-state index >= 15 is 0 Å². The molecule has 1 fully saturated rings. The van der Waals surface area contributed by atoms with Crippen molar-refractivity contribution in [1.82, 2.24) is 9.36 Å². The van der Waals surface area contributed by atoms with Crippen LogP contribution in [0.2, 0.25) is 0 Å². The molecule has 0 bridgehead atoms. The fourth-order valence-corrected chi connectivity index (χ4v) is 2.76. The number of hydrogen-bond donors (Lipinski definition) is 1. The van der Waals surface area contributed by atoms with Gasteiger partial charge in [-0.15, -0.1) is 0 Å². The number of rotatable bonds is 2. The van der Waals surface area contributed by atoms with Gasteiger partial charge in [-0.25, -0.2) is 0 Å². The number of anilines is 2. The lowest BCUT2D eigenvalue weighted by Crippen LogP contribution is -2.35. The van der Waals surface area contributed by atoms with Gasteiger partial charge in [-0.2, -0.15) is 9.36 Å². The zero-order valence-electron chi connectivity index (χ0n) is 9.31. The Morgan fingerprint density at radius 1 is 1.40 bits per heavy atom. The van der Waals surface area contributed by atoms with Crippen molar-refractivity contribution in [3.8, 4) is 0 Å². The second-order valence-electron chi connectivity index (χ2n) is 4.50. The zero-order chi connectivity index (χ0) is 10.8. The van der Waals surface area contributed by atoms with Crippen LogP contribution < -0.4 is 10.6 Å². The van der Waals surface area contributed by atoms with Gasteiger partial charge in [0, 0.05) is 24.6 Å². The van der Waals surface area contributed by atoms with Crippen molar-refractivity contribution in [1.29, 1.82) is 0 Å². The molecular formula is C10H18N4S. The van der Waals surface area contributed by atoms with Crippen LogP contribution in [0.1, 0.15) is 26.7 Å². The van der Waals surface area contributed by atoms with Gasteiger partial charge in [0.2, 0.25) is 11.1 Å². The molecule has 0 spiro atoms. The summed E-state index contributed by atoms with van der Waals surface area (Å²) < 4.78 is 4.01. The molecule has 0 amide bonds. The van der Waals surface area contributed by atoms with Crippen LogP contribution in [0.4, 0.5) is 11.1 Å². The van der Waals surface area contributed by atoms with Crippen LogP contribution >= 0.6 is 11.5 Å². The minimum Gasteiger partial charge on any atom is -0.367 e. The molecule has 0 atom stereocenters.